The minimum atomic E-state index is 0.372. The van der Waals surface area contributed by atoms with Gasteiger partial charge in [-0.3, -0.25) is 5.10 Å². The van der Waals surface area contributed by atoms with E-state index in [9.17, 15) is 0 Å². The van der Waals surface area contributed by atoms with Gasteiger partial charge >= 0.3 is 0 Å². The van der Waals surface area contributed by atoms with Crippen molar-refractivity contribution in [1.29, 1.82) is 0 Å². The van der Waals surface area contributed by atoms with Crippen molar-refractivity contribution in [2.45, 2.75) is 38.1 Å². The van der Waals surface area contributed by atoms with Gasteiger partial charge in [-0.25, -0.2) is 4.98 Å². The van der Waals surface area contributed by atoms with Crippen molar-refractivity contribution < 1.29 is 9.47 Å². The van der Waals surface area contributed by atoms with E-state index in [0.29, 0.717) is 17.6 Å². The molecule has 11 nitrogen and oxygen atoms in total. The fourth-order valence-electron chi connectivity index (χ4n) is 5.03. The number of fused-ring (bicyclic) bond motifs is 1. The number of aromatic amines is 2. The zero-order chi connectivity index (χ0) is 24.3. The summed E-state index contributed by atoms with van der Waals surface area (Å²) in [4.78, 5) is 19.2. The number of imidazole rings is 1. The summed E-state index contributed by atoms with van der Waals surface area (Å²) in [6.07, 6.45) is 9.41. The van der Waals surface area contributed by atoms with Crippen molar-refractivity contribution >= 4 is 34.2 Å². The van der Waals surface area contributed by atoms with Crippen LogP contribution in [0.1, 0.15) is 32.1 Å². The predicted octanol–water partition coefficient (Wildman–Crippen LogP) is 4.08. The molecule has 1 aliphatic carbocycles. The Morgan fingerprint density at radius 3 is 2.75 bits per heavy atom. The highest BCUT2D eigenvalue weighted by Gasteiger charge is 2.22. The molecule has 6 rings (SSSR count). The normalized spacial score (nSPS) is 16.9. The van der Waals surface area contributed by atoms with Gasteiger partial charge in [-0.1, -0.05) is 19.3 Å². The van der Waals surface area contributed by atoms with Gasteiger partial charge in [0.05, 0.1) is 55.3 Å². The van der Waals surface area contributed by atoms with Gasteiger partial charge in [-0.05, 0) is 25.0 Å². The van der Waals surface area contributed by atoms with Gasteiger partial charge in [0, 0.05) is 30.9 Å². The second-order valence-electron chi connectivity index (χ2n) is 9.25. The second kappa shape index (κ2) is 10.0. The first kappa shape index (κ1) is 22.6. The zero-order valence-electron chi connectivity index (χ0n) is 20.4. The molecule has 1 saturated heterocycles. The van der Waals surface area contributed by atoms with Gasteiger partial charge in [-0.15, -0.1) is 0 Å². The molecule has 4 N–H and O–H groups in total. The molecule has 2 fully saturated rings. The van der Waals surface area contributed by atoms with Crippen LogP contribution >= 0.6 is 0 Å². The van der Waals surface area contributed by atoms with Gasteiger partial charge in [0.1, 0.15) is 11.6 Å². The Balaban J connectivity index is 1.34. The molecule has 0 bridgehead atoms. The molecule has 0 spiro atoms. The Bertz CT molecular complexity index is 1310. The van der Waals surface area contributed by atoms with E-state index < -0.39 is 0 Å². The summed E-state index contributed by atoms with van der Waals surface area (Å²) in [5.74, 6) is 1.95. The van der Waals surface area contributed by atoms with Crippen molar-refractivity contribution in [3.63, 3.8) is 0 Å². The van der Waals surface area contributed by atoms with Gasteiger partial charge in [0.25, 0.3) is 0 Å². The van der Waals surface area contributed by atoms with Crippen LogP contribution in [0, 0.1) is 0 Å². The number of hydrogen-bond donors (Lipinski definition) is 4. The lowest BCUT2D eigenvalue weighted by molar-refractivity contribution is 0.122. The number of ether oxygens (including phenoxy) is 2. The third-order valence-electron chi connectivity index (χ3n) is 6.93. The maximum atomic E-state index is 5.72. The van der Waals surface area contributed by atoms with E-state index >= 15 is 0 Å². The summed E-state index contributed by atoms with van der Waals surface area (Å²) < 4.78 is 11.2. The number of H-pyrrole nitrogens is 2. The average molecular weight is 490 g/mol. The van der Waals surface area contributed by atoms with Gasteiger partial charge in [0.2, 0.25) is 5.95 Å². The van der Waals surface area contributed by atoms with Crippen LogP contribution in [0.5, 0.6) is 5.75 Å². The molecular formula is C25H31N9O2. The second-order valence-corrected chi connectivity index (χ2v) is 9.25. The molecule has 3 aromatic heterocycles. The van der Waals surface area contributed by atoms with Crippen LogP contribution in [0.4, 0.5) is 23.1 Å². The van der Waals surface area contributed by atoms with Crippen LogP contribution in [0.25, 0.3) is 22.4 Å². The Labute approximate surface area is 209 Å². The lowest BCUT2D eigenvalue weighted by Gasteiger charge is -2.29. The fourth-order valence-corrected chi connectivity index (χ4v) is 5.03. The van der Waals surface area contributed by atoms with Crippen LogP contribution in [0.15, 0.2) is 30.7 Å². The third-order valence-corrected chi connectivity index (χ3v) is 6.93. The summed E-state index contributed by atoms with van der Waals surface area (Å²) in [6.45, 7) is 3.20. The van der Waals surface area contributed by atoms with Crippen molar-refractivity contribution in [2.24, 2.45) is 0 Å². The van der Waals surface area contributed by atoms with Crippen molar-refractivity contribution in [3.05, 3.63) is 30.7 Å². The number of morpholine rings is 1. The van der Waals surface area contributed by atoms with Gasteiger partial charge < -0.3 is 30.0 Å². The molecule has 2 aliphatic rings. The first-order valence-electron chi connectivity index (χ1n) is 12.6. The molecule has 1 aromatic carbocycles. The van der Waals surface area contributed by atoms with Crippen LogP contribution in [-0.2, 0) is 4.74 Å². The zero-order valence-corrected chi connectivity index (χ0v) is 20.4. The predicted molar refractivity (Wildman–Crippen MR) is 139 cm³/mol. The molecular weight excluding hydrogens is 458 g/mol. The Kier molecular flexibility index (Phi) is 6.29. The van der Waals surface area contributed by atoms with E-state index in [1.165, 1.54) is 19.3 Å². The average Bonchev–Trinajstić information content (AvgIpc) is 3.60. The number of rotatable bonds is 7. The Morgan fingerprint density at radius 2 is 1.97 bits per heavy atom. The van der Waals surface area contributed by atoms with Gasteiger partial charge in [-0.2, -0.15) is 15.1 Å². The highest BCUT2D eigenvalue weighted by molar-refractivity contribution is 5.98. The molecule has 0 amide bonds. The highest BCUT2D eigenvalue weighted by Crippen LogP contribution is 2.35. The van der Waals surface area contributed by atoms with Crippen molar-refractivity contribution in [3.8, 4) is 17.1 Å². The first-order valence-corrected chi connectivity index (χ1v) is 12.6. The Hall–Kier alpha value is -3.86. The monoisotopic (exact) mass is 489 g/mol. The molecule has 1 aliphatic heterocycles. The molecule has 4 heterocycles. The topological polar surface area (TPSA) is 129 Å². The molecule has 0 unspecified atom stereocenters. The van der Waals surface area contributed by atoms with E-state index in [4.69, 9.17) is 19.4 Å². The fraction of sp³-hybridized carbons (Fsp3) is 0.440. The first-order chi connectivity index (χ1) is 17.8. The number of nitrogens with zero attached hydrogens (tertiary/aromatic N) is 5. The van der Waals surface area contributed by atoms with Crippen LogP contribution in [0.2, 0.25) is 0 Å². The number of anilines is 4. The lowest BCUT2D eigenvalue weighted by Crippen LogP contribution is -2.36. The summed E-state index contributed by atoms with van der Waals surface area (Å²) in [6, 6.07) is 6.50. The summed E-state index contributed by atoms with van der Waals surface area (Å²) in [5, 5.41) is 15.5. The molecule has 36 heavy (non-hydrogen) atoms. The quantitative estimate of drug-likeness (QED) is 0.303. The highest BCUT2D eigenvalue weighted by atomic mass is 16.5. The van der Waals surface area contributed by atoms with E-state index in [1.807, 2.05) is 12.1 Å². The molecule has 11 heteroatoms. The van der Waals surface area contributed by atoms with E-state index in [-0.39, 0.29) is 0 Å². The van der Waals surface area contributed by atoms with Crippen molar-refractivity contribution in [1.82, 2.24) is 30.1 Å². The van der Waals surface area contributed by atoms with Gasteiger partial charge in [0.15, 0.2) is 5.65 Å². The third kappa shape index (κ3) is 4.53. The largest absolute Gasteiger partial charge is 0.494 e. The number of nitrogens with one attached hydrogen (secondary N) is 4. The standard InChI is InChI=1S/C25H31N9O2/c1-35-20-13-17(34-9-11-36-12-10-34)7-8-18(20)29-25-30-23(28-16-5-3-2-4-6-16)21-22(19-14-26-15-27-19)32-33-24(21)31-25/h7-8,13-16H,2-6,9-12H2,1H3,(H,26,27)(H3,28,29,30,31,32,33). The molecule has 4 aromatic rings. The maximum Gasteiger partial charge on any atom is 0.231 e. The van der Waals surface area contributed by atoms with E-state index in [1.54, 1.807) is 19.6 Å². The van der Waals surface area contributed by atoms with E-state index in [2.05, 4.69) is 41.8 Å². The SMILES string of the molecule is COc1cc(N2CCOCC2)ccc1Nc1nc(NC2CCCCC2)c2c(-c3cnc[nH]3)[nH]nc2n1. The number of methoxy groups -OCH3 is 1. The number of benzene rings is 1. The maximum absolute atomic E-state index is 5.72. The molecule has 0 atom stereocenters. The van der Waals surface area contributed by atoms with Crippen LogP contribution in [-0.4, -0.2) is 69.6 Å². The van der Waals surface area contributed by atoms with Crippen LogP contribution < -0.4 is 20.3 Å². The number of hydrogen-bond acceptors (Lipinski definition) is 9. The number of aromatic nitrogens is 6. The van der Waals surface area contributed by atoms with Crippen molar-refractivity contribution in [2.75, 3.05) is 48.9 Å². The summed E-state index contributed by atoms with van der Waals surface area (Å²) in [5.41, 5.74) is 4.14. The minimum absolute atomic E-state index is 0.372. The molecule has 188 valence electrons. The minimum Gasteiger partial charge on any atom is -0.494 e. The van der Waals surface area contributed by atoms with Crippen LogP contribution in [0.3, 0.4) is 0 Å². The lowest BCUT2D eigenvalue weighted by atomic mass is 9.95. The van der Waals surface area contributed by atoms with E-state index in [0.717, 1.165) is 78.9 Å². The molecule has 1 saturated carbocycles. The smallest absolute Gasteiger partial charge is 0.231 e. The summed E-state index contributed by atoms with van der Waals surface area (Å²) >= 11 is 0. The molecule has 0 radical (unpaired) electrons. The Morgan fingerprint density at radius 1 is 1.11 bits per heavy atom. The summed E-state index contributed by atoms with van der Waals surface area (Å²) in [7, 11) is 1.67.